The third kappa shape index (κ3) is 2.09. The van der Waals surface area contributed by atoms with Crippen molar-refractivity contribution in [1.29, 1.82) is 0 Å². The summed E-state index contributed by atoms with van der Waals surface area (Å²) in [6.07, 6.45) is -1.40. The Morgan fingerprint density at radius 2 is 2.12 bits per heavy atom. The number of aliphatic hydroxyl groups excluding tert-OH is 1. The molecule has 1 aromatic rings. The van der Waals surface area contributed by atoms with Gasteiger partial charge in [-0.1, -0.05) is 12.1 Å². The number of aliphatic carboxylic acids is 1. The number of ether oxygens (including phenoxy) is 2. The molecule has 0 aromatic heterocycles. The third-order valence-electron chi connectivity index (χ3n) is 2.35. The fourth-order valence-corrected chi connectivity index (χ4v) is 1.59. The number of para-hydroxylation sites is 1. The number of carboxylic acid groups (broad SMARTS) is 1. The van der Waals surface area contributed by atoms with Crippen molar-refractivity contribution < 1.29 is 24.5 Å². The van der Waals surface area contributed by atoms with Crippen molar-refractivity contribution in [1.82, 2.24) is 0 Å². The molecule has 0 radical (unpaired) electrons. The fourth-order valence-electron chi connectivity index (χ4n) is 1.59. The highest BCUT2D eigenvalue weighted by Gasteiger charge is 2.20. The molecule has 0 bridgehead atoms. The molecule has 1 unspecified atom stereocenters. The molecule has 1 aromatic carbocycles. The highest BCUT2D eigenvalue weighted by Crippen LogP contribution is 2.34. The van der Waals surface area contributed by atoms with Gasteiger partial charge in [0.2, 0.25) is 0 Å². The highest BCUT2D eigenvalue weighted by molar-refractivity contribution is 5.72. The van der Waals surface area contributed by atoms with Crippen LogP contribution in [0.2, 0.25) is 0 Å². The van der Waals surface area contributed by atoms with Crippen LogP contribution in [0.5, 0.6) is 11.5 Å². The van der Waals surface area contributed by atoms with Gasteiger partial charge in [0, 0.05) is 12.0 Å². The number of carboxylic acids is 1. The molecule has 1 aliphatic rings. The van der Waals surface area contributed by atoms with E-state index in [4.69, 9.17) is 14.6 Å². The smallest absolute Gasteiger partial charge is 0.332 e. The van der Waals surface area contributed by atoms with E-state index in [-0.39, 0.29) is 6.42 Å². The predicted octanol–water partition coefficient (Wildman–Crippen LogP) is 0.446. The summed E-state index contributed by atoms with van der Waals surface area (Å²) in [7, 11) is 0. The van der Waals surface area contributed by atoms with Crippen molar-refractivity contribution in [3.63, 3.8) is 0 Å². The molecule has 1 atom stereocenters. The second kappa shape index (κ2) is 4.40. The molecule has 5 nitrogen and oxygen atoms in total. The maximum absolute atomic E-state index is 10.5. The standard InChI is InChI=1S/C11H12O5/c12-8(11(13)14)6-7-2-1-3-9-10(7)16-5-4-15-9/h1-3,8,12H,4-6H2,(H,13,14). The van der Waals surface area contributed by atoms with Crippen molar-refractivity contribution >= 4 is 5.97 Å². The first kappa shape index (κ1) is 10.8. The van der Waals surface area contributed by atoms with Crippen LogP contribution in [0.3, 0.4) is 0 Å². The van der Waals surface area contributed by atoms with E-state index in [1.165, 1.54) is 0 Å². The summed E-state index contributed by atoms with van der Waals surface area (Å²) in [6.45, 7) is 0.922. The van der Waals surface area contributed by atoms with Gasteiger partial charge in [-0.05, 0) is 6.07 Å². The van der Waals surface area contributed by atoms with E-state index in [9.17, 15) is 9.90 Å². The second-order valence-corrected chi connectivity index (χ2v) is 3.50. The van der Waals surface area contributed by atoms with Gasteiger partial charge in [-0.2, -0.15) is 0 Å². The fraction of sp³-hybridized carbons (Fsp3) is 0.364. The van der Waals surface area contributed by atoms with Crippen molar-refractivity contribution in [2.75, 3.05) is 13.2 Å². The van der Waals surface area contributed by atoms with Crippen LogP contribution in [0.1, 0.15) is 5.56 Å². The van der Waals surface area contributed by atoms with Crippen LogP contribution < -0.4 is 9.47 Å². The lowest BCUT2D eigenvalue weighted by atomic mass is 10.1. The Labute approximate surface area is 92.2 Å². The van der Waals surface area contributed by atoms with Crippen LogP contribution in [0, 0.1) is 0 Å². The van der Waals surface area contributed by atoms with Gasteiger partial charge in [-0.25, -0.2) is 4.79 Å². The molecule has 5 heteroatoms. The van der Waals surface area contributed by atoms with E-state index in [1.54, 1.807) is 18.2 Å². The molecule has 2 rings (SSSR count). The zero-order chi connectivity index (χ0) is 11.5. The molecular weight excluding hydrogens is 212 g/mol. The Morgan fingerprint density at radius 3 is 2.88 bits per heavy atom. The lowest BCUT2D eigenvalue weighted by Crippen LogP contribution is -2.23. The molecule has 86 valence electrons. The zero-order valence-electron chi connectivity index (χ0n) is 8.55. The molecule has 16 heavy (non-hydrogen) atoms. The van der Waals surface area contributed by atoms with Gasteiger partial charge < -0.3 is 19.7 Å². The van der Waals surface area contributed by atoms with Crippen LogP contribution in [-0.2, 0) is 11.2 Å². The molecule has 0 amide bonds. The summed E-state index contributed by atoms with van der Waals surface area (Å²) in [5.41, 5.74) is 0.645. The Balaban J connectivity index is 2.24. The molecule has 1 heterocycles. The molecule has 0 saturated heterocycles. The van der Waals surface area contributed by atoms with Gasteiger partial charge >= 0.3 is 5.97 Å². The monoisotopic (exact) mass is 224 g/mol. The first-order valence-corrected chi connectivity index (χ1v) is 4.97. The van der Waals surface area contributed by atoms with Crippen molar-refractivity contribution in [2.45, 2.75) is 12.5 Å². The second-order valence-electron chi connectivity index (χ2n) is 3.50. The van der Waals surface area contributed by atoms with Crippen molar-refractivity contribution in [3.8, 4) is 11.5 Å². The van der Waals surface area contributed by atoms with Gasteiger partial charge in [-0.15, -0.1) is 0 Å². The highest BCUT2D eigenvalue weighted by atomic mass is 16.6. The van der Waals surface area contributed by atoms with Crippen molar-refractivity contribution in [3.05, 3.63) is 23.8 Å². The van der Waals surface area contributed by atoms with E-state index in [2.05, 4.69) is 0 Å². The van der Waals surface area contributed by atoms with E-state index < -0.39 is 12.1 Å². The first-order chi connectivity index (χ1) is 7.68. The van der Waals surface area contributed by atoms with Crippen LogP contribution in [0.25, 0.3) is 0 Å². The molecular formula is C11H12O5. The SMILES string of the molecule is O=C(O)C(O)Cc1cccc2c1OCCO2. The van der Waals surface area contributed by atoms with Gasteiger partial charge in [-0.3, -0.25) is 0 Å². The van der Waals surface area contributed by atoms with Crippen molar-refractivity contribution in [2.24, 2.45) is 0 Å². The van der Waals surface area contributed by atoms with E-state index in [0.717, 1.165) is 0 Å². The number of fused-ring (bicyclic) bond motifs is 1. The topological polar surface area (TPSA) is 76.0 Å². The minimum Gasteiger partial charge on any atom is -0.486 e. The number of hydrogen-bond donors (Lipinski definition) is 2. The summed E-state index contributed by atoms with van der Waals surface area (Å²) in [5.74, 6) is -0.107. The maximum Gasteiger partial charge on any atom is 0.332 e. The largest absolute Gasteiger partial charge is 0.486 e. The zero-order valence-corrected chi connectivity index (χ0v) is 8.55. The van der Waals surface area contributed by atoms with E-state index in [0.29, 0.717) is 30.3 Å². The molecule has 2 N–H and O–H groups in total. The average molecular weight is 224 g/mol. The molecule has 0 saturated carbocycles. The van der Waals surface area contributed by atoms with Gasteiger partial charge in [0.15, 0.2) is 17.6 Å². The Bertz CT molecular complexity index is 401. The van der Waals surface area contributed by atoms with Gasteiger partial charge in [0.25, 0.3) is 0 Å². The van der Waals surface area contributed by atoms with Crippen LogP contribution >= 0.6 is 0 Å². The normalized spacial score (nSPS) is 15.6. The predicted molar refractivity (Wildman–Crippen MR) is 54.8 cm³/mol. The van der Waals surface area contributed by atoms with Gasteiger partial charge in [0.1, 0.15) is 13.2 Å². The number of carbonyl (C=O) groups is 1. The van der Waals surface area contributed by atoms with Crippen LogP contribution in [0.15, 0.2) is 18.2 Å². The quantitative estimate of drug-likeness (QED) is 0.779. The van der Waals surface area contributed by atoms with E-state index >= 15 is 0 Å². The summed E-state index contributed by atoms with van der Waals surface area (Å²) in [4.78, 5) is 10.5. The lowest BCUT2D eigenvalue weighted by Gasteiger charge is -2.21. The van der Waals surface area contributed by atoms with E-state index in [1.807, 2.05) is 0 Å². The Morgan fingerprint density at radius 1 is 1.38 bits per heavy atom. The number of rotatable bonds is 3. The molecule has 1 aliphatic heterocycles. The Hall–Kier alpha value is -1.75. The van der Waals surface area contributed by atoms with Crippen LogP contribution in [-0.4, -0.2) is 35.5 Å². The molecule has 0 fully saturated rings. The summed E-state index contributed by atoms with van der Waals surface area (Å²) in [6, 6.07) is 5.22. The summed E-state index contributed by atoms with van der Waals surface area (Å²) in [5, 5.41) is 17.9. The number of aliphatic hydroxyl groups is 1. The Kier molecular flexibility index (Phi) is 2.96. The number of benzene rings is 1. The number of hydrogen-bond acceptors (Lipinski definition) is 4. The minimum absolute atomic E-state index is 0.0157. The first-order valence-electron chi connectivity index (χ1n) is 4.97. The third-order valence-corrected chi connectivity index (χ3v) is 2.35. The maximum atomic E-state index is 10.5. The van der Waals surface area contributed by atoms with Crippen LogP contribution in [0.4, 0.5) is 0 Å². The average Bonchev–Trinajstić information content (AvgIpc) is 2.29. The summed E-state index contributed by atoms with van der Waals surface area (Å²) >= 11 is 0. The molecule has 0 aliphatic carbocycles. The lowest BCUT2D eigenvalue weighted by molar-refractivity contribution is -0.146. The molecule has 0 spiro atoms. The minimum atomic E-state index is -1.42. The van der Waals surface area contributed by atoms with Gasteiger partial charge in [0.05, 0.1) is 0 Å². The summed E-state index contributed by atoms with van der Waals surface area (Å²) < 4.78 is 10.8.